The zero-order valence-corrected chi connectivity index (χ0v) is 16.8. The number of halogens is 1. The van der Waals surface area contributed by atoms with Gasteiger partial charge in [-0.15, -0.1) is 0 Å². The zero-order chi connectivity index (χ0) is 20.5. The Morgan fingerprint density at radius 3 is 2.64 bits per heavy atom. The molecule has 0 unspecified atom stereocenters. The third-order valence-electron chi connectivity index (χ3n) is 8.67. The summed E-state index contributed by atoms with van der Waals surface area (Å²) in [7, 11) is 1.33. The molecule has 0 aromatic heterocycles. The van der Waals surface area contributed by atoms with E-state index in [2.05, 4.69) is 0 Å². The van der Waals surface area contributed by atoms with Crippen molar-refractivity contribution >= 4 is 17.5 Å². The van der Waals surface area contributed by atoms with E-state index in [1.54, 1.807) is 0 Å². The molecule has 0 spiro atoms. The average molecular weight is 392 g/mol. The first kappa shape index (κ1) is 19.7. The van der Waals surface area contributed by atoms with Crippen molar-refractivity contribution in [1.29, 1.82) is 0 Å². The second-order valence-electron chi connectivity index (χ2n) is 9.80. The summed E-state index contributed by atoms with van der Waals surface area (Å²) in [6, 6.07) is 0. The predicted octanol–water partition coefficient (Wildman–Crippen LogP) is 2.94. The van der Waals surface area contributed by atoms with Crippen molar-refractivity contribution in [3.05, 3.63) is 11.6 Å². The van der Waals surface area contributed by atoms with Crippen molar-refractivity contribution in [2.45, 2.75) is 70.6 Å². The molecule has 0 radical (unpaired) electrons. The summed E-state index contributed by atoms with van der Waals surface area (Å²) in [5.41, 5.74) is -2.23. The quantitative estimate of drug-likeness (QED) is 0.548. The van der Waals surface area contributed by atoms with E-state index in [9.17, 15) is 19.5 Å². The molecule has 0 bridgehead atoms. The summed E-state index contributed by atoms with van der Waals surface area (Å²) >= 11 is 0. The monoisotopic (exact) mass is 392 g/mol. The van der Waals surface area contributed by atoms with Gasteiger partial charge in [0.1, 0.15) is 23.3 Å². The Hall–Kier alpha value is -1.56. The smallest absolute Gasteiger partial charge is 0.330 e. The van der Waals surface area contributed by atoms with E-state index >= 15 is 4.39 Å². The lowest BCUT2D eigenvalue weighted by Gasteiger charge is -2.62. The Morgan fingerprint density at radius 2 is 1.96 bits per heavy atom. The van der Waals surface area contributed by atoms with E-state index in [-0.39, 0.29) is 49.1 Å². The van der Waals surface area contributed by atoms with Gasteiger partial charge < -0.3 is 9.84 Å². The Balaban J connectivity index is 1.75. The summed E-state index contributed by atoms with van der Waals surface area (Å²) in [5, 5.41) is 11.2. The highest BCUT2D eigenvalue weighted by Crippen LogP contribution is 2.67. The summed E-state index contributed by atoms with van der Waals surface area (Å²) in [6.07, 6.45) is 2.31. The van der Waals surface area contributed by atoms with Crippen LogP contribution in [0.2, 0.25) is 0 Å². The Labute approximate surface area is 164 Å². The molecule has 4 fully saturated rings. The van der Waals surface area contributed by atoms with Crippen molar-refractivity contribution < 1.29 is 28.6 Å². The number of carbonyl (C=O) groups is 3. The molecule has 6 heteroatoms. The molecule has 4 rings (SSSR count). The zero-order valence-electron chi connectivity index (χ0n) is 16.8. The number of allylic oxidation sites excluding steroid dienone is 1. The van der Waals surface area contributed by atoms with Gasteiger partial charge in [0.25, 0.3) is 0 Å². The van der Waals surface area contributed by atoms with Gasteiger partial charge in [-0.2, -0.15) is 0 Å². The minimum absolute atomic E-state index is 0.0311. The standard InChI is InChI=1S/C22H29FO5/c1-20-11-16(25)19-14(15(20)5-4-12(20)8-18(26)28-3)9-17(23)22(27)10-13(24)6-7-21(19,22)2/h8,14-15,17,19,27H,4-7,9-11H2,1-3H3/t14-,15-,17+,19+,20+,21+,22-/m0/s1. The molecule has 4 aliphatic rings. The molecule has 0 aromatic carbocycles. The molecule has 5 nitrogen and oxygen atoms in total. The highest BCUT2D eigenvalue weighted by atomic mass is 19.1. The number of ketones is 2. The maximum atomic E-state index is 15.4. The van der Waals surface area contributed by atoms with Crippen LogP contribution in [0.1, 0.15) is 58.8 Å². The molecule has 0 heterocycles. The molecule has 1 N–H and O–H groups in total. The Morgan fingerprint density at radius 1 is 1.25 bits per heavy atom. The second kappa shape index (κ2) is 6.22. The van der Waals surface area contributed by atoms with Crippen LogP contribution in [-0.4, -0.2) is 41.5 Å². The van der Waals surface area contributed by atoms with Crippen molar-refractivity contribution in [3.63, 3.8) is 0 Å². The highest BCUT2D eigenvalue weighted by Gasteiger charge is 2.69. The first-order chi connectivity index (χ1) is 13.1. The highest BCUT2D eigenvalue weighted by molar-refractivity contribution is 5.88. The van der Waals surface area contributed by atoms with Crippen LogP contribution in [-0.2, 0) is 19.1 Å². The number of ether oxygens (including phenoxy) is 1. The maximum Gasteiger partial charge on any atom is 0.330 e. The lowest BCUT2D eigenvalue weighted by Crippen LogP contribution is -2.69. The number of aliphatic hydroxyl groups is 1. The number of alkyl halides is 1. The Bertz CT molecular complexity index is 775. The van der Waals surface area contributed by atoms with Crippen molar-refractivity contribution in [1.82, 2.24) is 0 Å². The molecule has 0 saturated heterocycles. The van der Waals surface area contributed by atoms with Crippen molar-refractivity contribution in [2.24, 2.45) is 28.6 Å². The van der Waals surface area contributed by atoms with Gasteiger partial charge >= 0.3 is 5.97 Å². The third kappa shape index (κ3) is 2.42. The van der Waals surface area contributed by atoms with Gasteiger partial charge in [0.05, 0.1) is 7.11 Å². The van der Waals surface area contributed by atoms with E-state index in [1.807, 2.05) is 13.8 Å². The number of carbonyl (C=O) groups excluding carboxylic acids is 3. The molecule has 7 atom stereocenters. The number of hydrogen-bond acceptors (Lipinski definition) is 5. The fourth-order valence-electron chi connectivity index (χ4n) is 7.13. The Kier molecular flexibility index (Phi) is 4.38. The van der Waals surface area contributed by atoms with Crippen molar-refractivity contribution in [3.8, 4) is 0 Å². The number of Topliss-reactive ketones (excluding diaryl/α,β-unsaturated/α-hetero) is 2. The molecule has 0 aliphatic heterocycles. The molecule has 4 saturated carbocycles. The van der Waals surface area contributed by atoms with Crippen LogP contribution >= 0.6 is 0 Å². The van der Waals surface area contributed by atoms with Gasteiger partial charge in [0, 0.05) is 36.7 Å². The molecule has 4 aliphatic carbocycles. The lowest BCUT2D eigenvalue weighted by molar-refractivity contribution is -0.225. The van der Waals surface area contributed by atoms with Crippen LogP contribution in [0.4, 0.5) is 4.39 Å². The SMILES string of the molecule is COC(=O)C=C1CC[C@H]2[C@@H]3C[C@@H](F)[C@@]4(O)CC(=O)CC[C@]4(C)[C@H]3C(=O)C[C@]12C. The summed E-state index contributed by atoms with van der Waals surface area (Å²) in [5.74, 6) is -1.05. The largest absolute Gasteiger partial charge is 0.466 e. The van der Waals surface area contributed by atoms with E-state index in [0.29, 0.717) is 12.8 Å². The molecule has 0 amide bonds. The number of methoxy groups -OCH3 is 1. The summed E-state index contributed by atoms with van der Waals surface area (Å²) in [6.45, 7) is 3.82. The molecule has 154 valence electrons. The number of hydrogen-bond donors (Lipinski definition) is 1. The average Bonchev–Trinajstić information content (AvgIpc) is 2.93. The predicted molar refractivity (Wildman–Crippen MR) is 99.0 cm³/mol. The van der Waals surface area contributed by atoms with E-state index in [0.717, 1.165) is 12.0 Å². The van der Waals surface area contributed by atoms with Gasteiger partial charge in [-0.05, 0) is 42.9 Å². The summed E-state index contributed by atoms with van der Waals surface area (Å²) in [4.78, 5) is 37.2. The van der Waals surface area contributed by atoms with Crippen LogP contribution < -0.4 is 0 Å². The van der Waals surface area contributed by atoms with Crippen LogP contribution in [0.25, 0.3) is 0 Å². The van der Waals surface area contributed by atoms with Crippen molar-refractivity contribution in [2.75, 3.05) is 7.11 Å². The molecular formula is C22H29FO5. The van der Waals surface area contributed by atoms with E-state index in [1.165, 1.54) is 13.2 Å². The minimum Gasteiger partial charge on any atom is -0.466 e. The normalized spacial score (nSPS) is 49.4. The van der Waals surface area contributed by atoms with Gasteiger partial charge in [-0.25, -0.2) is 9.18 Å². The molecule has 28 heavy (non-hydrogen) atoms. The fourth-order valence-corrected chi connectivity index (χ4v) is 7.13. The maximum absolute atomic E-state index is 15.4. The fraction of sp³-hybridized carbons (Fsp3) is 0.773. The molecule has 0 aromatic rings. The number of esters is 1. The van der Waals surface area contributed by atoms with Crippen LogP contribution in [0, 0.1) is 28.6 Å². The molecular weight excluding hydrogens is 363 g/mol. The first-order valence-electron chi connectivity index (χ1n) is 10.3. The number of fused-ring (bicyclic) bond motifs is 5. The van der Waals surface area contributed by atoms with Gasteiger partial charge in [0.15, 0.2) is 0 Å². The minimum atomic E-state index is -1.75. The van der Waals surface area contributed by atoms with E-state index < -0.39 is 34.5 Å². The van der Waals surface area contributed by atoms with Crippen LogP contribution in [0.15, 0.2) is 11.6 Å². The topological polar surface area (TPSA) is 80.7 Å². The number of rotatable bonds is 1. The van der Waals surface area contributed by atoms with Gasteiger partial charge in [-0.3, -0.25) is 9.59 Å². The lowest BCUT2D eigenvalue weighted by atomic mass is 9.43. The van der Waals surface area contributed by atoms with Crippen LogP contribution in [0.3, 0.4) is 0 Å². The second-order valence-corrected chi connectivity index (χ2v) is 9.80. The van der Waals surface area contributed by atoms with E-state index in [4.69, 9.17) is 4.74 Å². The first-order valence-corrected chi connectivity index (χ1v) is 10.3. The third-order valence-corrected chi connectivity index (χ3v) is 8.67. The van der Waals surface area contributed by atoms with Gasteiger partial charge in [0.2, 0.25) is 0 Å². The van der Waals surface area contributed by atoms with Crippen LogP contribution in [0.5, 0.6) is 0 Å². The van der Waals surface area contributed by atoms with Gasteiger partial charge in [-0.1, -0.05) is 19.4 Å². The summed E-state index contributed by atoms with van der Waals surface area (Å²) < 4.78 is 20.1.